The molecule has 2 aliphatic rings. The number of anilines is 1. The predicted octanol–water partition coefficient (Wildman–Crippen LogP) is 4.82. The lowest BCUT2D eigenvalue weighted by molar-refractivity contribution is -0.136. The third kappa shape index (κ3) is 6.37. The average Bonchev–Trinajstić information content (AvgIpc) is 2.98. The Morgan fingerprint density at radius 1 is 0.875 bits per heavy atom. The van der Waals surface area contributed by atoms with Crippen LogP contribution in [0.25, 0.3) is 11.1 Å². The summed E-state index contributed by atoms with van der Waals surface area (Å²) >= 11 is 0. The Balaban J connectivity index is 1.13. The third-order valence-electron chi connectivity index (χ3n) is 8.30. The molecular weight excluding hydrogens is 529 g/mol. The molecule has 3 aromatic rings. The van der Waals surface area contributed by atoms with Crippen LogP contribution in [0.2, 0.25) is 0 Å². The van der Waals surface area contributed by atoms with Crippen molar-refractivity contribution in [3.63, 3.8) is 0 Å². The Morgan fingerprint density at radius 3 is 2.10 bits per heavy atom. The molecule has 40 heavy (non-hydrogen) atoms. The molecule has 0 radical (unpaired) electrons. The average molecular weight is 566 g/mol. The van der Waals surface area contributed by atoms with E-state index in [2.05, 4.69) is 9.80 Å². The molecule has 1 saturated heterocycles. The molecule has 2 fully saturated rings. The highest BCUT2D eigenvalue weighted by molar-refractivity contribution is 7.86. The lowest BCUT2D eigenvalue weighted by Gasteiger charge is -2.39. The van der Waals surface area contributed by atoms with Gasteiger partial charge in [0.25, 0.3) is 16.0 Å². The van der Waals surface area contributed by atoms with Crippen molar-refractivity contribution in [1.29, 1.82) is 0 Å². The van der Waals surface area contributed by atoms with Gasteiger partial charge in [-0.05, 0) is 80.0 Å². The topological polar surface area (TPSA) is 92.9 Å². The predicted molar refractivity (Wildman–Crippen MR) is 154 cm³/mol. The minimum atomic E-state index is -4.18. The van der Waals surface area contributed by atoms with E-state index in [1.807, 2.05) is 42.5 Å². The van der Waals surface area contributed by atoms with Gasteiger partial charge in [-0.2, -0.15) is 8.42 Å². The number of benzene rings is 3. The molecule has 1 saturated carbocycles. The normalized spacial score (nSPS) is 22.2. The fourth-order valence-corrected chi connectivity index (χ4v) is 7.03. The maximum atomic E-state index is 14.1. The van der Waals surface area contributed by atoms with Crippen molar-refractivity contribution < 1.29 is 21.8 Å². The van der Waals surface area contributed by atoms with Crippen LogP contribution in [0.15, 0.2) is 83.8 Å². The van der Waals surface area contributed by atoms with Crippen molar-refractivity contribution in [2.75, 3.05) is 37.6 Å². The second-order valence-electron chi connectivity index (χ2n) is 10.8. The van der Waals surface area contributed by atoms with Crippen LogP contribution in [0.3, 0.4) is 0 Å². The Hall–Kier alpha value is -3.27. The number of carbonyl (C=O) groups is 1. The molecule has 0 aromatic heterocycles. The van der Waals surface area contributed by atoms with Gasteiger partial charge in [0.1, 0.15) is 5.82 Å². The van der Waals surface area contributed by atoms with Gasteiger partial charge < -0.3 is 10.6 Å². The van der Waals surface area contributed by atoms with Gasteiger partial charge in [0.05, 0.1) is 10.6 Å². The highest BCUT2D eigenvalue weighted by Crippen LogP contribution is 2.39. The number of rotatable bonds is 9. The zero-order valence-electron chi connectivity index (χ0n) is 22.5. The largest absolute Gasteiger partial charge is 0.367 e. The molecule has 5 rings (SSSR count). The maximum Gasteiger partial charge on any atom is 0.298 e. The summed E-state index contributed by atoms with van der Waals surface area (Å²) in [6.07, 6.45) is 2.83. The van der Waals surface area contributed by atoms with E-state index in [1.165, 1.54) is 18.2 Å². The zero-order chi connectivity index (χ0) is 28.2. The first-order chi connectivity index (χ1) is 19.3. The Kier molecular flexibility index (Phi) is 8.54. The number of primary amides is 1. The van der Waals surface area contributed by atoms with E-state index in [0.29, 0.717) is 24.4 Å². The van der Waals surface area contributed by atoms with E-state index >= 15 is 0 Å². The van der Waals surface area contributed by atoms with Gasteiger partial charge in [0, 0.05) is 26.2 Å². The van der Waals surface area contributed by atoms with E-state index in [9.17, 15) is 17.6 Å². The fraction of sp³-hybridized carbons (Fsp3) is 0.387. The lowest BCUT2D eigenvalue weighted by atomic mass is 9.77. The Morgan fingerprint density at radius 2 is 1.48 bits per heavy atom. The van der Waals surface area contributed by atoms with Crippen LogP contribution < -0.4 is 10.6 Å². The highest BCUT2D eigenvalue weighted by Gasteiger charge is 2.45. The van der Waals surface area contributed by atoms with Crippen molar-refractivity contribution in [3.8, 4) is 11.1 Å². The summed E-state index contributed by atoms with van der Waals surface area (Å²) in [5, 5.41) is 0. The van der Waals surface area contributed by atoms with Crippen LogP contribution in [0, 0.1) is 11.7 Å². The van der Waals surface area contributed by atoms with Crippen LogP contribution >= 0.6 is 0 Å². The lowest BCUT2D eigenvalue weighted by Crippen LogP contribution is -2.50. The van der Waals surface area contributed by atoms with Crippen molar-refractivity contribution in [2.45, 2.75) is 42.6 Å². The Bertz CT molecular complexity index is 1400. The van der Waals surface area contributed by atoms with Crippen molar-refractivity contribution >= 4 is 21.7 Å². The smallest absolute Gasteiger partial charge is 0.298 e. The number of piperazine rings is 1. The standard InChI is InChI=1S/C31H36FN3O4S/c32-28-8-4-5-9-29(28)35-22-20-34(21-23-35)19-16-24-14-17-31(18-15-24,30(33)36)39-40(37,38)27-12-10-26(11-13-27)25-6-2-1-3-7-25/h1-13,24H,14-23H2,(H2,33,36). The van der Waals surface area contributed by atoms with Crippen LogP contribution in [0.4, 0.5) is 10.1 Å². The molecule has 1 heterocycles. The number of hydrogen-bond acceptors (Lipinski definition) is 6. The van der Waals surface area contributed by atoms with Gasteiger partial charge in [-0.3, -0.25) is 9.69 Å². The fourth-order valence-electron chi connectivity index (χ4n) is 5.79. The van der Waals surface area contributed by atoms with Crippen LogP contribution in [0.5, 0.6) is 0 Å². The van der Waals surface area contributed by atoms with E-state index < -0.39 is 21.6 Å². The van der Waals surface area contributed by atoms with E-state index in [0.717, 1.165) is 50.3 Å². The molecule has 7 nitrogen and oxygen atoms in total. The zero-order valence-corrected chi connectivity index (χ0v) is 23.4. The number of nitrogens with zero attached hydrogens (tertiary/aromatic N) is 2. The SMILES string of the molecule is NC(=O)C1(OS(=O)(=O)c2ccc(-c3ccccc3)cc2)CCC(CCN2CCN(c3ccccc3F)CC2)CC1. The molecule has 1 aliphatic heterocycles. The summed E-state index contributed by atoms with van der Waals surface area (Å²) in [4.78, 5) is 17.0. The first-order valence-electron chi connectivity index (χ1n) is 13.9. The summed E-state index contributed by atoms with van der Waals surface area (Å²) in [6.45, 7) is 4.17. The van der Waals surface area contributed by atoms with Gasteiger partial charge in [0.2, 0.25) is 0 Å². The number of nitrogens with two attached hydrogens (primary N) is 1. The van der Waals surface area contributed by atoms with Crippen molar-refractivity contribution in [3.05, 3.63) is 84.7 Å². The number of hydrogen-bond donors (Lipinski definition) is 1. The molecule has 2 N–H and O–H groups in total. The molecule has 3 aromatic carbocycles. The number of carbonyl (C=O) groups excluding carboxylic acids is 1. The van der Waals surface area contributed by atoms with E-state index in [1.54, 1.807) is 18.2 Å². The molecular formula is C31H36FN3O4S. The maximum absolute atomic E-state index is 14.1. The highest BCUT2D eigenvalue weighted by atomic mass is 32.2. The van der Waals surface area contributed by atoms with Crippen LogP contribution in [-0.2, 0) is 19.1 Å². The summed E-state index contributed by atoms with van der Waals surface area (Å²) < 4.78 is 46.1. The number of para-hydroxylation sites is 1. The molecule has 1 aliphatic carbocycles. The van der Waals surface area contributed by atoms with Gasteiger partial charge >= 0.3 is 0 Å². The van der Waals surface area contributed by atoms with Gasteiger partial charge in [-0.1, -0.05) is 54.6 Å². The number of halogens is 1. The summed E-state index contributed by atoms with van der Waals surface area (Å²) in [6, 6.07) is 23.0. The molecule has 212 valence electrons. The summed E-state index contributed by atoms with van der Waals surface area (Å²) in [5.41, 5.74) is 6.72. The second kappa shape index (κ2) is 12.1. The molecule has 0 unspecified atom stereocenters. The monoisotopic (exact) mass is 565 g/mol. The van der Waals surface area contributed by atoms with Crippen molar-refractivity contribution in [1.82, 2.24) is 4.90 Å². The quantitative estimate of drug-likeness (QED) is 0.374. The first-order valence-corrected chi connectivity index (χ1v) is 15.3. The molecule has 0 spiro atoms. The van der Waals surface area contributed by atoms with Gasteiger partial charge in [-0.25, -0.2) is 8.57 Å². The van der Waals surface area contributed by atoms with Crippen molar-refractivity contribution in [2.24, 2.45) is 11.7 Å². The molecule has 0 atom stereocenters. The van der Waals surface area contributed by atoms with Crippen LogP contribution in [0.1, 0.15) is 32.1 Å². The first kappa shape index (κ1) is 28.3. The minimum absolute atomic E-state index is 0.00413. The number of amides is 1. The van der Waals surface area contributed by atoms with Gasteiger partial charge in [-0.15, -0.1) is 0 Å². The Labute approximate surface area is 235 Å². The van der Waals surface area contributed by atoms with Gasteiger partial charge in [0.15, 0.2) is 5.60 Å². The molecule has 9 heteroatoms. The third-order valence-corrected chi connectivity index (χ3v) is 9.69. The van der Waals surface area contributed by atoms with E-state index in [-0.39, 0.29) is 23.6 Å². The summed E-state index contributed by atoms with van der Waals surface area (Å²) in [5.74, 6) is -0.572. The summed E-state index contributed by atoms with van der Waals surface area (Å²) in [7, 11) is -4.18. The van der Waals surface area contributed by atoms with Crippen LogP contribution in [-0.4, -0.2) is 57.5 Å². The minimum Gasteiger partial charge on any atom is -0.367 e. The van der Waals surface area contributed by atoms with E-state index in [4.69, 9.17) is 9.92 Å². The molecule has 1 amide bonds. The molecule has 0 bridgehead atoms. The second-order valence-corrected chi connectivity index (χ2v) is 12.3.